The molecule has 0 atom stereocenters. The SMILES string of the molecule is Cc1ccc(C(=O)N(Cc2nc(-c3ccccc3)no2)C2CCCCC2)cc1Cl. The fourth-order valence-corrected chi connectivity index (χ4v) is 4.00. The number of aryl methyl sites for hydroxylation is 1. The van der Waals surface area contributed by atoms with Gasteiger partial charge in [0.1, 0.15) is 6.54 Å². The molecule has 5 nitrogen and oxygen atoms in total. The normalized spacial score (nSPS) is 14.7. The zero-order valence-electron chi connectivity index (χ0n) is 16.5. The smallest absolute Gasteiger partial charge is 0.254 e. The highest BCUT2D eigenvalue weighted by Gasteiger charge is 2.28. The van der Waals surface area contributed by atoms with Gasteiger partial charge in [0.2, 0.25) is 11.7 Å². The van der Waals surface area contributed by atoms with Crippen LogP contribution in [0, 0.1) is 6.92 Å². The average molecular weight is 410 g/mol. The van der Waals surface area contributed by atoms with Crippen LogP contribution in [0.5, 0.6) is 0 Å². The van der Waals surface area contributed by atoms with Crippen molar-refractivity contribution in [1.29, 1.82) is 0 Å². The first-order chi connectivity index (χ1) is 14.1. The van der Waals surface area contributed by atoms with Crippen LogP contribution in [-0.4, -0.2) is 27.0 Å². The van der Waals surface area contributed by atoms with E-state index in [4.69, 9.17) is 16.1 Å². The molecule has 1 saturated carbocycles. The molecule has 1 aliphatic carbocycles. The Bertz CT molecular complexity index is 981. The van der Waals surface area contributed by atoms with Gasteiger partial charge in [-0.3, -0.25) is 4.79 Å². The molecule has 29 heavy (non-hydrogen) atoms. The van der Waals surface area contributed by atoms with Crippen molar-refractivity contribution in [3.63, 3.8) is 0 Å². The number of hydrogen-bond acceptors (Lipinski definition) is 4. The molecule has 0 radical (unpaired) electrons. The van der Waals surface area contributed by atoms with E-state index in [1.54, 1.807) is 6.07 Å². The highest BCUT2D eigenvalue weighted by Crippen LogP contribution is 2.27. The van der Waals surface area contributed by atoms with Gasteiger partial charge >= 0.3 is 0 Å². The number of rotatable bonds is 5. The molecule has 1 heterocycles. The Labute approximate surface area is 175 Å². The standard InChI is InChI=1S/C23H24ClN3O2/c1-16-12-13-18(14-20(16)24)23(28)27(19-10-6-3-7-11-19)15-21-25-22(26-29-21)17-8-4-2-5-9-17/h2,4-5,8-9,12-14,19H,3,6-7,10-11,15H2,1H3. The lowest BCUT2D eigenvalue weighted by Crippen LogP contribution is -2.41. The Balaban J connectivity index is 1.60. The van der Waals surface area contributed by atoms with Crippen molar-refractivity contribution >= 4 is 17.5 Å². The molecule has 0 bridgehead atoms. The minimum atomic E-state index is -0.0433. The quantitative estimate of drug-likeness (QED) is 0.544. The summed E-state index contributed by atoms with van der Waals surface area (Å²) in [5, 5.41) is 4.70. The lowest BCUT2D eigenvalue weighted by atomic mass is 9.93. The van der Waals surface area contributed by atoms with E-state index in [-0.39, 0.29) is 11.9 Å². The fourth-order valence-electron chi connectivity index (χ4n) is 3.82. The van der Waals surface area contributed by atoms with E-state index in [2.05, 4.69) is 10.1 Å². The van der Waals surface area contributed by atoms with Gasteiger partial charge in [-0.1, -0.05) is 72.4 Å². The maximum absolute atomic E-state index is 13.4. The predicted octanol–water partition coefficient (Wildman–Crippen LogP) is 5.67. The Kier molecular flexibility index (Phi) is 5.95. The third kappa shape index (κ3) is 4.51. The maximum atomic E-state index is 13.4. The minimum Gasteiger partial charge on any atom is -0.337 e. The van der Waals surface area contributed by atoms with Gasteiger partial charge in [0.05, 0.1) is 0 Å². The van der Waals surface area contributed by atoms with Crippen LogP contribution in [0.15, 0.2) is 53.1 Å². The fraction of sp³-hybridized carbons (Fsp3) is 0.348. The Morgan fingerprint density at radius 2 is 1.90 bits per heavy atom. The molecule has 1 aromatic heterocycles. The van der Waals surface area contributed by atoms with Crippen LogP contribution in [0.2, 0.25) is 5.02 Å². The maximum Gasteiger partial charge on any atom is 0.254 e. The number of carbonyl (C=O) groups excluding carboxylic acids is 1. The van der Waals surface area contributed by atoms with E-state index in [0.717, 1.165) is 36.8 Å². The molecule has 2 aromatic carbocycles. The summed E-state index contributed by atoms with van der Waals surface area (Å²) in [4.78, 5) is 19.8. The van der Waals surface area contributed by atoms with Crippen molar-refractivity contribution < 1.29 is 9.32 Å². The highest BCUT2D eigenvalue weighted by molar-refractivity contribution is 6.31. The van der Waals surface area contributed by atoms with Crippen LogP contribution < -0.4 is 0 Å². The molecule has 4 rings (SSSR count). The number of benzene rings is 2. The molecule has 0 N–H and O–H groups in total. The molecule has 0 unspecified atom stereocenters. The first kappa shape index (κ1) is 19.6. The second-order valence-corrected chi connectivity index (χ2v) is 7.97. The summed E-state index contributed by atoms with van der Waals surface area (Å²) in [5.41, 5.74) is 2.44. The molecular formula is C23H24ClN3O2. The minimum absolute atomic E-state index is 0.0433. The molecule has 6 heteroatoms. The van der Waals surface area contributed by atoms with Gasteiger partial charge in [-0.2, -0.15) is 4.98 Å². The molecule has 150 valence electrons. The van der Waals surface area contributed by atoms with Crippen molar-refractivity contribution in [2.24, 2.45) is 0 Å². The van der Waals surface area contributed by atoms with Gasteiger partial charge in [-0.05, 0) is 37.5 Å². The Hall–Kier alpha value is -2.66. The molecule has 1 amide bonds. The number of halogens is 1. The van der Waals surface area contributed by atoms with Crippen LogP contribution in [-0.2, 0) is 6.54 Å². The summed E-state index contributed by atoms with van der Waals surface area (Å²) in [7, 11) is 0. The van der Waals surface area contributed by atoms with Crippen LogP contribution in [0.3, 0.4) is 0 Å². The second-order valence-electron chi connectivity index (χ2n) is 7.57. The van der Waals surface area contributed by atoms with Crippen molar-refractivity contribution in [3.8, 4) is 11.4 Å². The first-order valence-electron chi connectivity index (χ1n) is 10.1. The van der Waals surface area contributed by atoms with E-state index in [1.807, 2.05) is 54.3 Å². The van der Waals surface area contributed by atoms with Crippen molar-refractivity contribution in [2.45, 2.75) is 51.6 Å². The van der Waals surface area contributed by atoms with Gasteiger partial charge in [-0.25, -0.2) is 0 Å². The predicted molar refractivity (Wildman–Crippen MR) is 113 cm³/mol. The summed E-state index contributed by atoms with van der Waals surface area (Å²) in [5.74, 6) is 0.939. The van der Waals surface area contributed by atoms with Gasteiger partial charge in [-0.15, -0.1) is 0 Å². The van der Waals surface area contributed by atoms with Crippen LogP contribution >= 0.6 is 11.6 Å². The molecule has 0 saturated heterocycles. The molecule has 3 aromatic rings. The first-order valence-corrected chi connectivity index (χ1v) is 10.4. The van der Waals surface area contributed by atoms with Crippen LogP contribution in [0.1, 0.15) is 53.9 Å². The summed E-state index contributed by atoms with van der Waals surface area (Å²) in [6.07, 6.45) is 5.45. The van der Waals surface area contributed by atoms with Crippen molar-refractivity contribution in [2.75, 3.05) is 0 Å². The second kappa shape index (κ2) is 8.78. The average Bonchev–Trinajstić information content (AvgIpc) is 3.23. The van der Waals surface area contributed by atoms with E-state index in [9.17, 15) is 4.79 Å². The summed E-state index contributed by atoms with van der Waals surface area (Å²) >= 11 is 6.27. The molecular weight excluding hydrogens is 386 g/mol. The van der Waals surface area contributed by atoms with E-state index >= 15 is 0 Å². The summed E-state index contributed by atoms with van der Waals surface area (Å²) in [6.45, 7) is 2.23. The monoisotopic (exact) mass is 409 g/mol. The lowest BCUT2D eigenvalue weighted by Gasteiger charge is -2.33. The van der Waals surface area contributed by atoms with E-state index in [0.29, 0.717) is 28.8 Å². The number of hydrogen-bond donors (Lipinski definition) is 0. The topological polar surface area (TPSA) is 59.2 Å². The van der Waals surface area contributed by atoms with Crippen LogP contribution in [0.25, 0.3) is 11.4 Å². The largest absolute Gasteiger partial charge is 0.337 e. The molecule has 0 spiro atoms. The highest BCUT2D eigenvalue weighted by atomic mass is 35.5. The van der Waals surface area contributed by atoms with Gasteiger partial charge < -0.3 is 9.42 Å². The number of nitrogens with zero attached hydrogens (tertiary/aromatic N) is 3. The Morgan fingerprint density at radius 3 is 2.62 bits per heavy atom. The van der Waals surface area contributed by atoms with Crippen molar-refractivity contribution in [1.82, 2.24) is 15.0 Å². The number of carbonyl (C=O) groups is 1. The Morgan fingerprint density at radius 1 is 1.14 bits per heavy atom. The van der Waals surface area contributed by atoms with Crippen molar-refractivity contribution in [3.05, 3.63) is 70.6 Å². The number of aromatic nitrogens is 2. The zero-order chi connectivity index (χ0) is 20.2. The van der Waals surface area contributed by atoms with Gasteiger partial charge in [0.15, 0.2) is 0 Å². The summed E-state index contributed by atoms with van der Waals surface area (Å²) < 4.78 is 5.49. The molecule has 1 fully saturated rings. The van der Waals surface area contributed by atoms with E-state index < -0.39 is 0 Å². The lowest BCUT2D eigenvalue weighted by molar-refractivity contribution is 0.0586. The number of amides is 1. The third-order valence-corrected chi connectivity index (χ3v) is 5.91. The molecule has 0 aliphatic heterocycles. The third-order valence-electron chi connectivity index (χ3n) is 5.50. The zero-order valence-corrected chi connectivity index (χ0v) is 17.2. The molecule has 1 aliphatic rings. The van der Waals surface area contributed by atoms with Crippen LogP contribution in [0.4, 0.5) is 0 Å². The summed E-state index contributed by atoms with van der Waals surface area (Å²) in [6, 6.07) is 15.3. The van der Waals surface area contributed by atoms with Gasteiger partial charge in [0, 0.05) is 22.2 Å². The van der Waals surface area contributed by atoms with E-state index in [1.165, 1.54) is 6.42 Å². The van der Waals surface area contributed by atoms with Gasteiger partial charge in [0.25, 0.3) is 5.91 Å².